The van der Waals surface area contributed by atoms with Gasteiger partial charge in [-0.1, -0.05) is 85.6 Å². The second kappa shape index (κ2) is 15.6. The van der Waals surface area contributed by atoms with Crippen LogP contribution in [0.4, 0.5) is 0 Å². The summed E-state index contributed by atoms with van der Waals surface area (Å²) >= 11 is 0. The molecule has 2 aliphatic heterocycles. The number of rotatable bonds is 11. The second-order valence-corrected chi connectivity index (χ2v) is 13.4. The molecule has 1 spiro atoms. The van der Waals surface area contributed by atoms with E-state index in [4.69, 9.17) is 0 Å². The largest absolute Gasteiger partial charge is 0.396 e. The van der Waals surface area contributed by atoms with E-state index >= 15 is 9.59 Å². The molecular formula is C39H42N6O6. The summed E-state index contributed by atoms with van der Waals surface area (Å²) in [6, 6.07) is 23.0. The SMILES string of the molecule is O=C1N[C@@H](C(=O)N(C(=O)CCCO)C(Cc2ccccc2)(Cc2ccccc2)C(=O)NC2CCCC2)C[C@]2(C=NC=N2)NC(=O)c2ccccc21. The maximum absolute atomic E-state index is 15.4. The van der Waals surface area contributed by atoms with Gasteiger partial charge in [0, 0.05) is 38.3 Å². The van der Waals surface area contributed by atoms with E-state index < -0.39 is 46.8 Å². The molecule has 3 aromatic carbocycles. The third kappa shape index (κ3) is 7.81. The van der Waals surface area contributed by atoms with Crippen molar-refractivity contribution < 1.29 is 29.1 Å². The molecular weight excluding hydrogens is 648 g/mol. The summed E-state index contributed by atoms with van der Waals surface area (Å²) in [6.45, 7) is -0.316. The van der Waals surface area contributed by atoms with Crippen LogP contribution in [0.2, 0.25) is 0 Å². The zero-order valence-electron chi connectivity index (χ0n) is 28.3. The van der Waals surface area contributed by atoms with Crippen LogP contribution in [-0.4, -0.2) is 82.0 Å². The summed E-state index contributed by atoms with van der Waals surface area (Å²) in [7, 11) is 0. The number of aliphatic hydroxyl groups excluding tert-OH is 1. The number of aliphatic imine (C=N–C) groups is 2. The molecule has 2 heterocycles. The van der Waals surface area contributed by atoms with Crippen LogP contribution in [-0.2, 0) is 27.2 Å². The number of imide groups is 1. The number of hydrogen-bond donors (Lipinski definition) is 4. The highest BCUT2D eigenvalue weighted by molar-refractivity contribution is 6.11. The molecule has 1 fully saturated rings. The van der Waals surface area contributed by atoms with Crippen LogP contribution in [0.5, 0.6) is 0 Å². The molecule has 3 aromatic rings. The average Bonchev–Trinajstić information content (AvgIpc) is 3.84. The van der Waals surface area contributed by atoms with Crippen LogP contribution in [0.3, 0.4) is 0 Å². The Morgan fingerprint density at radius 3 is 2.02 bits per heavy atom. The van der Waals surface area contributed by atoms with Gasteiger partial charge in [-0.15, -0.1) is 0 Å². The maximum Gasteiger partial charge on any atom is 0.254 e. The molecule has 0 saturated heterocycles. The van der Waals surface area contributed by atoms with Crippen molar-refractivity contribution in [2.24, 2.45) is 9.98 Å². The quantitative estimate of drug-likeness (QED) is 0.241. The lowest BCUT2D eigenvalue weighted by Crippen LogP contribution is -2.69. The van der Waals surface area contributed by atoms with Gasteiger partial charge < -0.3 is 21.1 Å². The van der Waals surface area contributed by atoms with Crippen LogP contribution in [0.15, 0.2) is 94.9 Å². The Balaban J connectivity index is 1.52. The van der Waals surface area contributed by atoms with Crippen LogP contribution in [0.1, 0.15) is 76.8 Å². The predicted molar refractivity (Wildman–Crippen MR) is 191 cm³/mol. The molecule has 12 nitrogen and oxygen atoms in total. The predicted octanol–water partition coefficient (Wildman–Crippen LogP) is 3.14. The molecule has 0 radical (unpaired) electrons. The highest BCUT2D eigenvalue weighted by atomic mass is 16.3. The van der Waals surface area contributed by atoms with Crippen molar-refractivity contribution in [1.82, 2.24) is 20.9 Å². The Morgan fingerprint density at radius 1 is 0.863 bits per heavy atom. The average molecular weight is 691 g/mol. The van der Waals surface area contributed by atoms with Gasteiger partial charge >= 0.3 is 0 Å². The maximum atomic E-state index is 15.4. The molecule has 12 heteroatoms. The Labute approximate surface area is 296 Å². The summed E-state index contributed by atoms with van der Waals surface area (Å²) in [5, 5.41) is 18.6. The van der Waals surface area contributed by atoms with E-state index in [2.05, 4.69) is 25.9 Å². The van der Waals surface area contributed by atoms with E-state index in [1.54, 1.807) is 12.1 Å². The van der Waals surface area contributed by atoms with Crippen LogP contribution in [0.25, 0.3) is 0 Å². The first-order valence-corrected chi connectivity index (χ1v) is 17.4. The summed E-state index contributed by atoms with van der Waals surface area (Å²) in [4.78, 5) is 82.0. The van der Waals surface area contributed by atoms with Gasteiger partial charge in [0.1, 0.15) is 17.9 Å². The molecule has 1 saturated carbocycles. The lowest BCUT2D eigenvalue weighted by molar-refractivity contribution is -0.161. The van der Waals surface area contributed by atoms with Crippen molar-refractivity contribution >= 4 is 42.1 Å². The Bertz CT molecular complexity index is 1770. The summed E-state index contributed by atoms with van der Waals surface area (Å²) in [5.74, 6) is -3.31. The minimum absolute atomic E-state index is 0.0249. The number of aliphatic hydroxyl groups is 1. The molecule has 0 bridgehead atoms. The first-order valence-electron chi connectivity index (χ1n) is 17.4. The van der Waals surface area contributed by atoms with Gasteiger partial charge in [0.05, 0.1) is 17.3 Å². The van der Waals surface area contributed by atoms with Gasteiger partial charge in [0.15, 0.2) is 5.66 Å². The molecule has 6 rings (SSSR count). The number of carbonyl (C=O) groups is 5. The zero-order chi connectivity index (χ0) is 35.8. The highest BCUT2D eigenvalue weighted by Gasteiger charge is 2.53. The number of fused-ring (bicyclic) bond motifs is 1. The second-order valence-electron chi connectivity index (χ2n) is 13.4. The topological polar surface area (TPSA) is 170 Å². The van der Waals surface area contributed by atoms with Crippen LogP contribution >= 0.6 is 0 Å². The molecule has 4 N–H and O–H groups in total. The third-order valence-corrected chi connectivity index (χ3v) is 9.75. The van der Waals surface area contributed by atoms with E-state index in [0.717, 1.165) is 30.6 Å². The third-order valence-electron chi connectivity index (χ3n) is 9.75. The van der Waals surface area contributed by atoms with Crippen molar-refractivity contribution in [3.63, 3.8) is 0 Å². The summed E-state index contributed by atoms with van der Waals surface area (Å²) < 4.78 is 0. The Kier molecular flexibility index (Phi) is 10.8. The number of nitrogens with zero attached hydrogens (tertiary/aromatic N) is 3. The molecule has 264 valence electrons. The van der Waals surface area contributed by atoms with Gasteiger partial charge in [-0.3, -0.25) is 28.9 Å². The zero-order valence-corrected chi connectivity index (χ0v) is 28.3. The minimum Gasteiger partial charge on any atom is -0.396 e. The van der Waals surface area contributed by atoms with Crippen molar-refractivity contribution in [3.8, 4) is 0 Å². The van der Waals surface area contributed by atoms with Crippen LogP contribution < -0.4 is 16.0 Å². The van der Waals surface area contributed by atoms with Crippen molar-refractivity contribution in [3.05, 3.63) is 107 Å². The lowest BCUT2D eigenvalue weighted by atomic mass is 9.80. The van der Waals surface area contributed by atoms with Crippen molar-refractivity contribution in [1.29, 1.82) is 0 Å². The van der Waals surface area contributed by atoms with E-state index in [0.29, 0.717) is 11.1 Å². The van der Waals surface area contributed by atoms with Crippen molar-refractivity contribution in [2.45, 2.75) is 81.1 Å². The number of nitrogens with one attached hydrogen (secondary N) is 3. The number of amides is 5. The van der Waals surface area contributed by atoms with Gasteiger partial charge in [-0.25, -0.2) is 9.98 Å². The van der Waals surface area contributed by atoms with Crippen molar-refractivity contribution in [2.75, 3.05) is 6.61 Å². The highest BCUT2D eigenvalue weighted by Crippen LogP contribution is 2.32. The van der Waals surface area contributed by atoms with Gasteiger partial charge in [0.25, 0.3) is 17.7 Å². The lowest BCUT2D eigenvalue weighted by Gasteiger charge is -2.44. The molecule has 51 heavy (non-hydrogen) atoms. The molecule has 1 aliphatic carbocycles. The molecule has 2 atom stereocenters. The van der Waals surface area contributed by atoms with Gasteiger partial charge in [-0.05, 0) is 42.5 Å². The first kappa shape index (κ1) is 35.3. The van der Waals surface area contributed by atoms with E-state index in [-0.39, 0.29) is 55.9 Å². The van der Waals surface area contributed by atoms with Gasteiger partial charge in [-0.2, -0.15) is 0 Å². The number of carbonyl (C=O) groups excluding carboxylic acids is 5. The van der Waals surface area contributed by atoms with E-state index in [9.17, 15) is 19.5 Å². The molecule has 0 aromatic heterocycles. The minimum atomic E-state index is -1.81. The Morgan fingerprint density at radius 2 is 1.45 bits per heavy atom. The molecule has 3 aliphatic rings. The standard InChI is InChI=1S/C39H42N6O6/c46-21-11-20-33(47)45(36(50)32-24-39(25-40-26-41-39)44-35(49)31-19-10-9-18-30(31)34(48)43-32)38(22-27-12-3-1-4-13-27,23-28-14-5-2-6-15-28)37(51)42-29-16-7-8-17-29/h1-6,9-10,12-15,18-19,25-26,29,32,46H,7-8,11,16-17,20-24H2,(H,42,51)(H,43,48)(H,44,49)/t32-,39-/m1/s1. The number of hydrogen-bond acceptors (Lipinski definition) is 8. The fourth-order valence-corrected chi connectivity index (χ4v) is 7.25. The first-order chi connectivity index (χ1) is 24.7. The van der Waals surface area contributed by atoms with E-state index in [1.165, 1.54) is 24.7 Å². The monoisotopic (exact) mass is 690 g/mol. The van der Waals surface area contributed by atoms with E-state index in [1.807, 2.05) is 60.7 Å². The molecule has 5 amide bonds. The summed E-state index contributed by atoms with van der Waals surface area (Å²) in [6.07, 6.45) is 5.52. The number of benzene rings is 3. The molecule has 0 unspecified atom stereocenters. The normalized spacial score (nSPS) is 20.1. The summed E-state index contributed by atoms with van der Waals surface area (Å²) in [5.41, 5.74) is -1.81. The smallest absolute Gasteiger partial charge is 0.254 e. The van der Waals surface area contributed by atoms with Crippen LogP contribution in [0, 0.1) is 0 Å². The fourth-order valence-electron chi connectivity index (χ4n) is 7.25. The Hall–Kier alpha value is -5.49. The van der Waals surface area contributed by atoms with Gasteiger partial charge in [0.2, 0.25) is 11.8 Å². The fraction of sp³-hybridized carbons (Fsp3) is 0.359.